The van der Waals surface area contributed by atoms with Gasteiger partial charge < -0.3 is 0 Å². The topological polar surface area (TPSA) is 0 Å². The van der Waals surface area contributed by atoms with Crippen LogP contribution in [-0.2, 0) is 0 Å². The highest BCUT2D eigenvalue weighted by molar-refractivity contribution is 9.11. The molecule has 0 N–H and O–H groups in total. The van der Waals surface area contributed by atoms with Gasteiger partial charge in [0.15, 0.2) is 0 Å². The summed E-state index contributed by atoms with van der Waals surface area (Å²) in [6, 6.07) is 25.1. The maximum absolute atomic E-state index is 5.96. The van der Waals surface area contributed by atoms with E-state index in [1.54, 1.807) is 0 Å². The Hall–Kier alpha value is -1.35. The molecule has 0 aliphatic rings. The van der Waals surface area contributed by atoms with Gasteiger partial charge in [0.25, 0.3) is 0 Å². The normalized spacial score (nSPS) is 12.5. The summed E-state index contributed by atoms with van der Waals surface area (Å²) in [6.45, 7) is 0. The van der Waals surface area contributed by atoms with Crippen molar-refractivity contribution in [3.63, 3.8) is 0 Å². The number of allylic oxidation sites excluding steroid dienone is 1. The predicted octanol–water partition coefficient (Wildman–Crippen LogP) is 7.81. The molecule has 0 fully saturated rings. The minimum atomic E-state index is 0.219. The van der Waals surface area contributed by atoms with Crippen molar-refractivity contribution in [3.05, 3.63) is 104 Å². The molecule has 0 heterocycles. The number of benzene rings is 3. The Balaban J connectivity index is 1.92. The van der Waals surface area contributed by atoms with Gasteiger partial charge in [-0.3, -0.25) is 0 Å². The van der Waals surface area contributed by atoms with Crippen molar-refractivity contribution in [1.82, 2.24) is 0 Å². The summed E-state index contributed by atoms with van der Waals surface area (Å²) in [5.74, 6) is 0.219. The van der Waals surface area contributed by atoms with E-state index in [-0.39, 0.29) is 5.92 Å². The van der Waals surface area contributed by atoms with Crippen molar-refractivity contribution in [1.29, 1.82) is 0 Å². The third-order valence-electron chi connectivity index (χ3n) is 3.94. The highest BCUT2D eigenvalue weighted by Gasteiger charge is 2.11. The zero-order valence-electron chi connectivity index (χ0n) is 12.8. The monoisotopic (exact) mass is 460 g/mol. The van der Waals surface area contributed by atoms with Gasteiger partial charge in [-0.15, -0.1) is 0 Å². The highest BCUT2D eigenvalue weighted by Crippen LogP contribution is 2.30. The fourth-order valence-corrected chi connectivity index (χ4v) is 3.38. The van der Waals surface area contributed by atoms with E-state index < -0.39 is 0 Å². The van der Waals surface area contributed by atoms with Crippen LogP contribution in [0, 0.1) is 0 Å². The van der Waals surface area contributed by atoms with Crippen LogP contribution in [0.3, 0.4) is 0 Å². The average Bonchev–Trinajstić information content (AvgIpc) is 2.62. The Morgan fingerprint density at radius 2 is 1.17 bits per heavy atom. The lowest BCUT2D eigenvalue weighted by atomic mass is 9.90. The molecule has 0 aliphatic heterocycles. The Morgan fingerprint density at radius 1 is 0.708 bits per heavy atom. The zero-order valence-corrected chi connectivity index (χ0v) is 16.7. The SMILES string of the molecule is Clc1ccc(-c2ccc(C(C=CBr)c3ccc(Br)cc3)cc2)cc1. The van der Waals surface area contributed by atoms with Crippen LogP contribution >= 0.6 is 43.5 Å². The molecule has 1 unspecified atom stereocenters. The molecule has 0 aromatic heterocycles. The first kappa shape index (κ1) is 17.5. The van der Waals surface area contributed by atoms with Crippen LogP contribution in [0.4, 0.5) is 0 Å². The van der Waals surface area contributed by atoms with E-state index in [9.17, 15) is 0 Å². The van der Waals surface area contributed by atoms with Gasteiger partial charge in [-0.2, -0.15) is 0 Å². The van der Waals surface area contributed by atoms with Crippen LogP contribution in [0.25, 0.3) is 11.1 Å². The minimum Gasteiger partial charge on any atom is -0.0843 e. The van der Waals surface area contributed by atoms with E-state index in [4.69, 9.17) is 11.6 Å². The summed E-state index contributed by atoms with van der Waals surface area (Å²) in [4.78, 5) is 1.92. The Kier molecular flexibility index (Phi) is 5.94. The summed E-state index contributed by atoms with van der Waals surface area (Å²) in [6.07, 6.45) is 2.15. The molecule has 120 valence electrons. The average molecular weight is 463 g/mol. The molecule has 24 heavy (non-hydrogen) atoms. The summed E-state index contributed by atoms with van der Waals surface area (Å²) >= 11 is 12.9. The molecule has 0 nitrogen and oxygen atoms in total. The first-order valence-electron chi connectivity index (χ1n) is 7.55. The van der Waals surface area contributed by atoms with Crippen molar-refractivity contribution in [3.8, 4) is 11.1 Å². The largest absolute Gasteiger partial charge is 0.0843 e. The van der Waals surface area contributed by atoms with Crippen LogP contribution < -0.4 is 0 Å². The highest BCUT2D eigenvalue weighted by atomic mass is 79.9. The van der Waals surface area contributed by atoms with Gasteiger partial charge in [-0.25, -0.2) is 0 Å². The van der Waals surface area contributed by atoms with E-state index in [2.05, 4.69) is 86.5 Å². The summed E-state index contributed by atoms with van der Waals surface area (Å²) in [5, 5.41) is 0.758. The van der Waals surface area contributed by atoms with E-state index in [1.165, 1.54) is 22.3 Å². The quantitative estimate of drug-likeness (QED) is 0.371. The zero-order chi connectivity index (χ0) is 16.9. The maximum atomic E-state index is 5.96. The minimum absolute atomic E-state index is 0.219. The van der Waals surface area contributed by atoms with Crippen LogP contribution in [0.2, 0.25) is 5.02 Å². The van der Waals surface area contributed by atoms with Crippen LogP contribution in [0.5, 0.6) is 0 Å². The van der Waals surface area contributed by atoms with Crippen molar-refractivity contribution in [2.45, 2.75) is 5.92 Å². The molecule has 0 saturated heterocycles. The maximum Gasteiger partial charge on any atom is 0.0406 e. The summed E-state index contributed by atoms with van der Waals surface area (Å²) < 4.78 is 1.09. The van der Waals surface area contributed by atoms with Gasteiger partial charge in [0.1, 0.15) is 0 Å². The molecule has 0 aliphatic carbocycles. The van der Waals surface area contributed by atoms with Gasteiger partial charge in [-0.05, 0) is 51.5 Å². The predicted molar refractivity (Wildman–Crippen MR) is 111 cm³/mol. The third kappa shape index (κ3) is 4.18. The lowest BCUT2D eigenvalue weighted by Gasteiger charge is -2.15. The standard InChI is InChI=1S/C21H15Br2Cl/c22-14-13-21(18-5-9-19(23)10-6-18)17-3-1-15(2-4-17)16-7-11-20(24)12-8-16/h1-14,21H. The number of hydrogen-bond acceptors (Lipinski definition) is 0. The van der Waals surface area contributed by atoms with Crippen molar-refractivity contribution in [2.75, 3.05) is 0 Å². The van der Waals surface area contributed by atoms with E-state index >= 15 is 0 Å². The van der Waals surface area contributed by atoms with Gasteiger partial charge in [0, 0.05) is 15.4 Å². The Bertz CT molecular complexity index is 819. The second kappa shape index (κ2) is 8.15. The fraction of sp³-hybridized carbons (Fsp3) is 0.0476. The molecule has 3 heteroatoms. The molecule has 0 bridgehead atoms. The molecular weight excluding hydrogens is 447 g/mol. The van der Waals surface area contributed by atoms with Gasteiger partial charge in [0.05, 0.1) is 0 Å². The van der Waals surface area contributed by atoms with Crippen LogP contribution in [-0.4, -0.2) is 0 Å². The summed E-state index contributed by atoms with van der Waals surface area (Å²) in [7, 11) is 0. The Morgan fingerprint density at radius 3 is 1.67 bits per heavy atom. The molecule has 3 aromatic rings. The van der Waals surface area contributed by atoms with Crippen LogP contribution in [0.15, 0.2) is 88.3 Å². The first-order chi connectivity index (χ1) is 11.7. The van der Waals surface area contributed by atoms with E-state index in [0.29, 0.717) is 0 Å². The van der Waals surface area contributed by atoms with E-state index in [1.807, 2.05) is 29.3 Å². The molecule has 0 saturated carbocycles. The van der Waals surface area contributed by atoms with Gasteiger partial charge >= 0.3 is 0 Å². The second-order valence-electron chi connectivity index (χ2n) is 5.48. The molecule has 0 radical (unpaired) electrons. The molecule has 1 atom stereocenters. The van der Waals surface area contributed by atoms with E-state index in [0.717, 1.165) is 9.50 Å². The second-order valence-corrected chi connectivity index (χ2v) is 7.36. The molecule has 3 aromatic carbocycles. The van der Waals surface area contributed by atoms with Gasteiger partial charge in [0.2, 0.25) is 0 Å². The lowest BCUT2D eigenvalue weighted by molar-refractivity contribution is 1.03. The Labute approximate surface area is 164 Å². The molecule has 3 rings (SSSR count). The number of rotatable bonds is 4. The van der Waals surface area contributed by atoms with Crippen molar-refractivity contribution in [2.24, 2.45) is 0 Å². The fourth-order valence-electron chi connectivity index (χ4n) is 2.68. The summed E-state index contributed by atoms with van der Waals surface area (Å²) in [5.41, 5.74) is 4.87. The first-order valence-corrected chi connectivity index (χ1v) is 9.64. The molecular formula is C21H15Br2Cl. The van der Waals surface area contributed by atoms with Gasteiger partial charge in [-0.1, -0.05) is 98.1 Å². The number of hydrogen-bond donors (Lipinski definition) is 0. The van der Waals surface area contributed by atoms with Crippen molar-refractivity contribution >= 4 is 43.5 Å². The molecule has 0 amide bonds. The third-order valence-corrected chi connectivity index (χ3v) is 5.03. The number of halogens is 3. The molecule has 0 spiro atoms. The smallest absolute Gasteiger partial charge is 0.0406 e. The van der Waals surface area contributed by atoms with Crippen LogP contribution in [0.1, 0.15) is 17.0 Å². The lowest BCUT2D eigenvalue weighted by Crippen LogP contribution is -1.97. The van der Waals surface area contributed by atoms with Crippen molar-refractivity contribution < 1.29 is 0 Å².